The number of guanidine groups is 1. The Labute approximate surface area is 135 Å². The molecule has 1 unspecified atom stereocenters. The number of ether oxygens (including phenoxy) is 1. The van der Waals surface area contributed by atoms with Crippen LogP contribution < -0.4 is 10.1 Å². The van der Waals surface area contributed by atoms with E-state index in [1.165, 1.54) is 0 Å². The summed E-state index contributed by atoms with van der Waals surface area (Å²) in [6.45, 7) is 3.50. The molecule has 1 heterocycles. The molecule has 7 heteroatoms. The van der Waals surface area contributed by atoms with Gasteiger partial charge in [-0.2, -0.15) is 10.5 Å². The smallest absolute Gasteiger partial charge is 0.211 e. The summed E-state index contributed by atoms with van der Waals surface area (Å²) < 4.78 is 5.91. The summed E-state index contributed by atoms with van der Waals surface area (Å²) in [5.74, 6) is 0.857. The Hall–Kier alpha value is -2.77. The lowest BCUT2D eigenvalue weighted by molar-refractivity contribution is -0.138. The van der Waals surface area contributed by atoms with Gasteiger partial charge in [0.25, 0.3) is 0 Å². The number of nitriles is 2. The minimum absolute atomic E-state index is 0.211. The van der Waals surface area contributed by atoms with Gasteiger partial charge in [0.15, 0.2) is 11.3 Å². The zero-order valence-corrected chi connectivity index (χ0v) is 13.6. The van der Waals surface area contributed by atoms with Crippen molar-refractivity contribution in [3.8, 4) is 18.0 Å². The standard InChI is InChI=1S/C16H19N5O2/c1-15(2)16(22,20-14(19-10-18)21(3)4)8-12-7-11(9-17)5-6-13(12)23-15/h5-7,22H,8H2,1-4H3,(H,19,20). The second-order valence-corrected chi connectivity index (χ2v) is 6.14. The monoisotopic (exact) mass is 313 g/mol. The molecule has 2 N–H and O–H groups in total. The summed E-state index contributed by atoms with van der Waals surface area (Å²) in [6.07, 6.45) is 1.92. The van der Waals surface area contributed by atoms with Crippen molar-refractivity contribution >= 4 is 5.96 Å². The molecule has 1 aliphatic heterocycles. The summed E-state index contributed by atoms with van der Waals surface area (Å²) in [4.78, 5) is 5.28. The maximum Gasteiger partial charge on any atom is 0.211 e. The number of rotatable bonds is 1. The second kappa shape index (κ2) is 5.79. The van der Waals surface area contributed by atoms with Crippen LogP contribution in [0.1, 0.15) is 25.0 Å². The highest BCUT2D eigenvalue weighted by Gasteiger charge is 2.50. The molecule has 23 heavy (non-hydrogen) atoms. The largest absolute Gasteiger partial charge is 0.483 e. The minimum Gasteiger partial charge on any atom is -0.483 e. The first kappa shape index (κ1) is 16.6. The van der Waals surface area contributed by atoms with Gasteiger partial charge in [0.2, 0.25) is 12.2 Å². The molecule has 0 saturated heterocycles. The lowest BCUT2D eigenvalue weighted by atomic mass is 9.84. The summed E-state index contributed by atoms with van der Waals surface area (Å²) in [5, 5.41) is 31.9. The number of hydrogen-bond acceptors (Lipinski definition) is 5. The molecule has 0 amide bonds. The Morgan fingerprint density at radius 2 is 2.09 bits per heavy atom. The van der Waals surface area contributed by atoms with Gasteiger partial charge in [-0.15, -0.1) is 4.99 Å². The summed E-state index contributed by atoms with van der Waals surface area (Å²) in [5.41, 5.74) is -1.25. The third-order valence-corrected chi connectivity index (χ3v) is 3.90. The van der Waals surface area contributed by atoms with E-state index in [0.717, 1.165) is 0 Å². The predicted molar refractivity (Wildman–Crippen MR) is 84.4 cm³/mol. The molecule has 7 nitrogen and oxygen atoms in total. The highest BCUT2D eigenvalue weighted by molar-refractivity contribution is 5.81. The van der Waals surface area contributed by atoms with Crippen molar-refractivity contribution in [3.05, 3.63) is 29.3 Å². The maximum atomic E-state index is 11.1. The van der Waals surface area contributed by atoms with E-state index in [-0.39, 0.29) is 12.4 Å². The Kier molecular flexibility index (Phi) is 4.18. The number of aliphatic imine (C=N–C) groups is 1. The van der Waals surface area contributed by atoms with Crippen molar-refractivity contribution in [3.63, 3.8) is 0 Å². The fourth-order valence-corrected chi connectivity index (χ4v) is 2.40. The van der Waals surface area contributed by atoms with Gasteiger partial charge in [0.1, 0.15) is 5.75 Å². The van der Waals surface area contributed by atoms with Gasteiger partial charge in [-0.25, -0.2) is 0 Å². The number of fused-ring (bicyclic) bond motifs is 1. The van der Waals surface area contributed by atoms with Crippen molar-refractivity contribution in [1.29, 1.82) is 10.5 Å². The first-order valence-corrected chi connectivity index (χ1v) is 7.09. The summed E-state index contributed by atoms with van der Waals surface area (Å²) in [6, 6.07) is 7.16. The predicted octanol–water partition coefficient (Wildman–Crippen LogP) is 0.949. The van der Waals surface area contributed by atoms with E-state index in [4.69, 9.17) is 15.3 Å². The van der Waals surface area contributed by atoms with Crippen molar-refractivity contribution in [2.45, 2.75) is 31.6 Å². The maximum absolute atomic E-state index is 11.1. The molecule has 0 aliphatic carbocycles. The average molecular weight is 313 g/mol. The van der Waals surface area contributed by atoms with Gasteiger partial charge in [-0.05, 0) is 32.0 Å². The zero-order valence-electron chi connectivity index (χ0n) is 13.6. The van der Waals surface area contributed by atoms with E-state index in [1.54, 1.807) is 57.2 Å². The Bertz CT molecular complexity index is 727. The number of nitrogens with zero attached hydrogens (tertiary/aromatic N) is 4. The first-order chi connectivity index (χ1) is 10.7. The van der Waals surface area contributed by atoms with Crippen LogP contribution >= 0.6 is 0 Å². The van der Waals surface area contributed by atoms with Gasteiger partial charge in [-0.3, -0.25) is 0 Å². The Balaban J connectivity index is 2.43. The lowest BCUT2D eigenvalue weighted by Gasteiger charge is -2.47. The molecule has 0 radical (unpaired) electrons. The molecule has 0 spiro atoms. The molecular weight excluding hydrogens is 294 g/mol. The molecule has 1 aromatic carbocycles. The van der Waals surface area contributed by atoms with Crippen LogP contribution in [0.2, 0.25) is 0 Å². The van der Waals surface area contributed by atoms with Gasteiger partial charge in [0, 0.05) is 26.1 Å². The van der Waals surface area contributed by atoms with E-state index in [2.05, 4.69) is 16.4 Å². The van der Waals surface area contributed by atoms with E-state index in [0.29, 0.717) is 16.9 Å². The fourth-order valence-electron chi connectivity index (χ4n) is 2.40. The van der Waals surface area contributed by atoms with Crippen LogP contribution in [-0.2, 0) is 6.42 Å². The third-order valence-electron chi connectivity index (χ3n) is 3.90. The van der Waals surface area contributed by atoms with E-state index >= 15 is 0 Å². The molecule has 0 aromatic heterocycles. The molecule has 120 valence electrons. The molecule has 1 atom stereocenters. The third kappa shape index (κ3) is 3.05. The van der Waals surface area contributed by atoms with Gasteiger partial charge >= 0.3 is 0 Å². The van der Waals surface area contributed by atoms with Crippen LogP contribution in [0, 0.1) is 22.8 Å². The number of hydrogen-bond donors (Lipinski definition) is 2. The number of aliphatic hydroxyl groups is 1. The van der Waals surface area contributed by atoms with Crippen LogP contribution in [0.3, 0.4) is 0 Å². The Morgan fingerprint density at radius 1 is 1.39 bits per heavy atom. The highest BCUT2D eigenvalue weighted by atomic mass is 16.5. The average Bonchev–Trinajstić information content (AvgIpc) is 2.47. The summed E-state index contributed by atoms with van der Waals surface area (Å²) >= 11 is 0. The van der Waals surface area contributed by atoms with Crippen molar-refractivity contribution in [1.82, 2.24) is 10.2 Å². The molecule has 0 saturated carbocycles. The zero-order chi connectivity index (χ0) is 17.3. The van der Waals surface area contributed by atoms with E-state index in [9.17, 15) is 5.11 Å². The topological polar surface area (TPSA) is 105 Å². The van der Waals surface area contributed by atoms with Gasteiger partial charge < -0.3 is 20.1 Å². The van der Waals surface area contributed by atoms with Crippen molar-refractivity contribution < 1.29 is 9.84 Å². The summed E-state index contributed by atoms with van der Waals surface area (Å²) in [7, 11) is 3.43. The SMILES string of the molecule is CN(C)C(=NC#N)NC1(O)Cc2cc(C#N)ccc2OC1(C)C. The minimum atomic E-state index is -1.49. The van der Waals surface area contributed by atoms with E-state index in [1.807, 2.05) is 0 Å². The molecule has 0 fully saturated rings. The van der Waals surface area contributed by atoms with Crippen LogP contribution in [-0.4, -0.2) is 41.4 Å². The van der Waals surface area contributed by atoms with Crippen LogP contribution in [0.5, 0.6) is 5.75 Å². The van der Waals surface area contributed by atoms with Crippen molar-refractivity contribution in [2.24, 2.45) is 4.99 Å². The van der Waals surface area contributed by atoms with Crippen molar-refractivity contribution in [2.75, 3.05) is 14.1 Å². The van der Waals surface area contributed by atoms with Crippen LogP contribution in [0.4, 0.5) is 0 Å². The highest BCUT2D eigenvalue weighted by Crippen LogP contribution is 2.38. The normalized spacial score (nSPS) is 22.1. The molecule has 1 aliphatic rings. The van der Waals surface area contributed by atoms with Crippen LogP contribution in [0.25, 0.3) is 0 Å². The van der Waals surface area contributed by atoms with Gasteiger partial charge in [-0.1, -0.05) is 0 Å². The molecule has 2 rings (SSSR count). The lowest BCUT2D eigenvalue weighted by Crippen LogP contribution is -2.68. The molecule has 0 bridgehead atoms. The van der Waals surface area contributed by atoms with Crippen LogP contribution in [0.15, 0.2) is 23.2 Å². The molecular formula is C16H19N5O2. The van der Waals surface area contributed by atoms with Gasteiger partial charge in [0.05, 0.1) is 11.6 Å². The van der Waals surface area contributed by atoms with E-state index < -0.39 is 11.3 Å². The number of nitrogens with one attached hydrogen (secondary N) is 1. The quantitative estimate of drug-likeness (QED) is 0.346. The first-order valence-electron chi connectivity index (χ1n) is 7.09. The second-order valence-electron chi connectivity index (χ2n) is 6.14. The Morgan fingerprint density at radius 3 is 2.65 bits per heavy atom. The number of benzene rings is 1. The molecule has 1 aromatic rings. The fraction of sp³-hybridized carbons (Fsp3) is 0.438.